The number of rotatable bonds is 6. The first-order valence-electron chi connectivity index (χ1n) is 12.5. The lowest BCUT2D eigenvalue weighted by Crippen LogP contribution is -2.33. The molecule has 1 aliphatic rings. The second kappa shape index (κ2) is 9.20. The highest BCUT2D eigenvalue weighted by atomic mass is 16.1. The molecule has 3 N–H and O–H groups in total. The summed E-state index contributed by atoms with van der Waals surface area (Å²) in [7, 11) is 1.97. The smallest absolute Gasteiger partial charge is 0.251 e. The molecule has 10 nitrogen and oxygen atoms in total. The summed E-state index contributed by atoms with van der Waals surface area (Å²) < 4.78 is 4.07. The van der Waals surface area contributed by atoms with Crippen LogP contribution in [0.25, 0.3) is 22.1 Å². The highest BCUT2D eigenvalue weighted by molar-refractivity contribution is 5.97. The quantitative estimate of drug-likeness (QED) is 0.247. The molecule has 1 amide bonds. The van der Waals surface area contributed by atoms with E-state index in [-0.39, 0.29) is 5.91 Å². The minimum atomic E-state index is -0.112. The van der Waals surface area contributed by atoms with Crippen LogP contribution < -0.4 is 5.32 Å². The highest BCUT2D eigenvalue weighted by Crippen LogP contribution is 2.21. The highest BCUT2D eigenvalue weighted by Gasteiger charge is 2.21. The molecule has 0 unspecified atom stereocenters. The maximum absolute atomic E-state index is 12.9. The number of carbonyl (C=O) groups is 1. The molecule has 3 aromatic heterocycles. The van der Waals surface area contributed by atoms with Crippen molar-refractivity contribution in [3.05, 3.63) is 77.4 Å². The molecule has 0 aliphatic carbocycles. The number of benzene rings is 2. The Bertz CT molecular complexity index is 1640. The normalized spacial score (nSPS) is 13.3. The maximum Gasteiger partial charge on any atom is 0.251 e. The summed E-state index contributed by atoms with van der Waals surface area (Å²) in [6, 6.07) is 13.6. The van der Waals surface area contributed by atoms with E-state index in [0.717, 1.165) is 58.1 Å². The fourth-order valence-electron chi connectivity index (χ4n) is 4.99. The number of fused-ring (bicyclic) bond motifs is 3. The Labute approximate surface area is 213 Å². The minimum Gasteiger partial charge on any atom is -0.355 e. The van der Waals surface area contributed by atoms with Gasteiger partial charge in [-0.25, -0.2) is 15.0 Å². The van der Waals surface area contributed by atoms with E-state index in [4.69, 9.17) is 15.4 Å². The number of nitrogens with one attached hydrogen (secondary N) is 3. The summed E-state index contributed by atoms with van der Waals surface area (Å²) in [5.41, 5.74) is 6.52. The zero-order chi connectivity index (χ0) is 25.5. The topological polar surface area (TPSA) is 121 Å². The van der Waals surface area contributed by atoms with Gasteiger partial charge in [0.15, 0.2) is 0 Å². The van der Waals surface area contributed by atoms with Crippen LogP contribution in [0, 0.1) is 5.41 Å². The van der Waals surface area contributed by atoms with Gasteiger partial charge in [-0.1, -0.05) is 12.1 Å². The van der Waals surface area contributed by atoms with Crippen LogP contribution in [0.2, 0.25) is 0 Å². The number of amidine groups is 1. The molecule has 0 bridgehead atoms. The molecule has 2 aromatic carbocycles. The monoisotopic (exact) mass is 495 g/mol. The van der Waals surface area contributed by atoms with Crippen molar-refractivity contribution in [3.8, 4) is 0 Å². The molecule has 0 saturated carbocycles. The summed E-state index contributed by atoms with van der Waals surface area (Å²) in [4.78, 5) is 32.4. The van der Waals surface area contributed by atoms with E-state index < -0.39 is 0 Å². The van der Waals surface area contributed by atoms with Crippen molar-refractivity contribution in [2.45, 2.75) is 32.9 Å². The number of para-hydroxylation sites is 2. The second-order valence-corrected chi connectivity index (χ2v) is 9.52. The number of H-pyrrole nitrogens is 1. The van der Waals surface area contributed by atoms with Crippen LogP contribution in [0.15, 0.2) is 48.8 Å². The van der Waals surface area contributed by atoms with E-state index in [1.807, 2.05) is 70.5 Å². The van der Waals surface area contributed by atoms with Gasteiger partial charge in [-0.2, -0.15) is 0 Å². The molecule has 188 valence electrons. The van der Waals surface area contributed by atoms with Gasteiger partial charge in [0, 0.05) is 38.7 Å². The number of imidazole rings is 3. The number of aryl methyl sites for hydroxylation is 1. The SMILES string of the molecule is CC(=N)N1CCc2nc(Cc3nc4ccc(C(=O)NCCn5cnc6ccccc65)cc4n3C)[nH]c2C1. The first-order chi connectivity index (χ1) is 18.0. The Hall–Kier alpha value is -4.47. The van der Waals surface area contributed by atoms with Crippen molar-refractivity contribution in [3.63, 3.8) is 0 Å². The third-order valence-corrected chi connectivity index (χ3v) is 7.08. The third-order valence-electron chi connectivity index (χ3n) is 7.08. The number of amides is 1. The van der Waals surface area contributed by atoms with Crippen LogP contribution >= 0.6 is 0 Å². The summed E-state index contributed by atoms with van der Waals surface area (Å²) in [5.74, 6) is 2.22. The molecule has 6 rings (SSSR count). The van der Waals surface area contributed by atoms with E-state index in [1.165, 1.54) is 0 Å². The number of aromatic amines is 1. The Morgan fingerprint density at radius 2 is 2.00 bits per heavy atom. The second-order valence-electron chi connectivity index (χ2n) is 9.52. The molecule has 0 atom stereocenters. The average Bonchev–Trinajstić information content (AvgIpc) is 3.59. The summed E-state index contributed by atoms with van der Waals surface area (Å²) in [6.07, 6.45) is 3.21. The predicted molar refractivity (Wildman–Crippen MR) is 142 cm³/mol. The number of aromatic nitrogens is 6. The largest absolute Gasteiger partial charge is 0.355 e. The van der Waals surface area contributed by atoms with E-state index in [0.29, 0.717) is 37.5 Å². The van der Waals surface area contributed by atoms with Gasteiger partial charge in [-0.05, 0) is 37.3 Å². The predicted octanol–water partition coefficient (Wildman–Crippen LogP) is 3.02. The van der Waals surface area contributed by atoms with Crippen LogP contribution in [0.4, 0.5) is 0 Å². The van der Waals surface area contributed by atoms with E-state index in [2.05, 4.69) is 15.3 Å². The van der Waals surface area contributed by atoms with Crippen LogP contribution in [0.1, 0.15) is 40.3 Å². The van der Waals surface area contributed by atoms with Crippen LogP contribution in [-0.4, -0.2) is 58.8 Å². The Morgan fingerprint density at radius 3 is 2.86 bits per heavy atom. The van der Waals surface area contributed by atoms with Gasteiger partial charge < -0.3 is 24.3 Å². The van der Waals surface area contributed by atoms with E-state index >= 15 is 0 Å². The fraction of sp³-hybridized carbons (Fsp3) is 0.296. The Morgan fingerprint density at radius 1 is 1.14 bits per heavy atom. The maximum atomic E-state index is 12.9. The third kappa shape index (κ3) is 4.35. The van der Waals surface area contributed by atoms with E-state index in [1.54, 1.807) is 6.33 Å². The molecular formula is C27H29N9O. The van der Waals surface area contributed by atoms with Crippen LogP contribution in [0.3, 0.4) is 0 Å². The van der Waals surface area contributed by atoms with Gasteiger partial charge in [0.25, 0.3) is 5.91 Å². The molecule has 37 heavy (non-hydrogen) atoms. The molecule has 5 aromatic rings. The van der Waals surface area contributed by atoms with Gasteiger partial charge in [0.2, 0.25) is 0 Å². The van der Waals surface area contributed by atoms with Gasteiger partial charge in [0.05, 0.1) is 58.6 Å². The van der Waals surface area contributed by atoms with Crippen LogP contribution in [0.5, 0.6) is 0 Å². The van der Waals surface area contributed by atoms with Gasteiger partial charge in [-0.3, -0.25) is 10.2 Å². The lowest BCUT2D eigenvalue weighted by molar-refractivity contribution is 0.0952. The minimum absolute atomic E-state index is 0.112. The lowest BCUT2D eigenvalue weighted by atomic mass is 10.1. The molecule has 0 fully saturated rings. The van der Waals surface area contributed by atoms with Crippen molar-refractivity contribution in [2.75, 3.05) is 13.1 Å². The van der Waals surface area contributed by atoms with E-state index in [9.17, 15) is 4.79 Å². The Kier molecular flexibility index (Phi) is 5.71. The summed E-state index contributed by atoms with van der Waals surface area (Å²) >= 11 is 0. The molecule has 0 spiro atoms. The van der Waals surface area contributed by atoms with Crippen molar-refractivity contribution in [1.82, 2.24) is 39.3 Å². The molecule has 0 saturated heterocycles. The number of nitrogens with zero attached hydrogens (tertiary/aromatic N) is 6. The van der Waals surface area contributed by atoms with Gasteiger partial charge in [0.1, 0.15) is 11.6 Å². The molecule has 4 heterocycles. The standard InChI is InChI=1S/C27H29N9O/c1-17(28)35-11-9-19-22(15-35)32-25(31-19)14-26-33-21-8-7-18(13-24(21)34(26)2)27(37)29-10-12-36-16-30-20-5-3-4-6-23(20)36/h3-8,13,16,28H,9-12,14-15H2,1-2H3,(H,29,37)(H,31,32). The zero-order valence-electron chi connectivity index (χ0n) is 21.0. The van der Waals surface area contributed by atoms with Gasteiger partial charge >= 0.3 is 0 Å². The summed E-state index contributed by atoms with van der Waals surface area (Å²) in [5, 5.41) is 10.9. The summed E-state index contributed by atoms with van der Waals surface area (Å²) in [6.45, 7) is 4.48. The fourth-order valence-corrected chi connectivity index (χ4v) is 4.99. The van der Waals surface area contributed by atoms with Crippen LogP contribution in [-0.2, 0) is 33.0 Å². The number of hydrogen-bond acceptors (Lipinski definition) is 5. The molecule has 0 radical (unpaired) electrons. The van der Waals surface area contributed by atoms with Gasteiger partial charge in [-0.15, -0.1) is 0 Å². The first kappa shape index (κ1) is 23.0. The first-order valence-corrected chi connectivity index (χ1v) is 12.5. The van der Waals surface area contributed by atoms with Crippen molar-refractivity contribution in [2.24, 2.45) is 7.05 Å². The zero-order valence-corrected chi connectivity index (χ0v) is 21.0. The van der Waals surface area contributed by atoms with Crippen molar-refractivity contribution >= 4 is 33.8 Å². The van der Waals surface area contributed by atoms with Crippen molar-refractivity contribution < 1.29 is 4.79 Å². The number of hydrogen-bond donors (Lipinski definition) is 3. The average molecular weight is 496 g/mol. The lowest BCUT2D eigenvalue weighted by Gasteiger charge is -2.26. The molecular weight excluding hydrogens is 466 g/mol. The number of carbonyl (C=O) groups excluding carboxylic acids is 1. The van der Waals surface area contributed by atoms with Crippen molar-refractivity contribution in [1.29, 1.82) is 5.41 Å². The molecule has 10 heteroatoms. The molecule has 1 aliphatic heterocycles. The Balaban J connectivity index is 1.14.